The first-order valence-electron chi connectivity index (χ1n) is 7.55. The lowest BCUT2D eigenvalue weighted by molar-refractivity contribution is -0.144. The number of carboxylic acids is 1. The third-order valence-corrected chi connectivity index (χ3v) is 4.83. The molecule has 5 heteroatoms. The van der Waals surface area contributed by atoms with Crippen molar-refractivity contribution in [2.24, 2.45) is 11.3 Å². The van der Waals surface area contributed by atoms with Crippen molar-refractivity contribution < 1.29 is 14.7 Å². The van der Waals surface area contributed by atoms with Gasteiger partial charge < -0.3 is 15.3 Å². The highest BCUT2D eigenvalue weighted by molar-refractivity contribution is 5.86. The number of hydrogen-bond donors (Lipinski definition) is 2. The average Bonchev–Trinajstić information content (AvgIpc) is 3.15. The summed E-state index contributed by atoms with van der Waals surface area (Å²) in [5.41, 5.74) is -0.847. The molecular weight excluding hydrogens is 256 g/mol. The van der Waals surface area contributed by atoms with Gasteiger partial charge in [-0.2, -0.15) is 0 Å². The van der Waals surface area contributed by atoms with Gasteiger partial charge in [-0.15, -0.1) is 0 Å². The summed E-state index contributed by atoms with van der Waals surface area (Å²) in [6, 6.07) is -0.223. The molecule has 1 aliphatic heterocycles. The third kappa shape index (κ3) is 3.25. The lowest BCUT2D eigenvalue weighted by Crippen LogP contribution is -2.57. The van der Waals surface area contributed by atoms with Crippen molar-refractivity contribution in [2.45, 2.75) is 58.4 Å². The summed E-state index contributed by atoms with van der Waals surface area (Å²) in [5, 5.41) is 12.2. The molecule has 0 aromatic rings. The molecule has 2 fully saturated rings. The smallest absolute Gasteiger partial charge is 0.329 e. The maximum absolute atomic E-state index is 12.4. The van der Waals surface area contributed by atoms with E-state index in [0.29, 0.717) is 6.54 Å². The fraction of sp³-hybridized carbons (Fsp3) is 0.867. The highest BCUT2D eigenvalue weighted by Crippen LogP contribution is 2.40. The average molecular weight is 282 g/mol. The molecule has 1 aliphatic carbocycles. The van der Waals surface area contributed by atoms with Crippen LogP contribution in [0.5, 0.6) is 0 Å². The zero-order valence-electron chi connectivity index (χ0n) is 12.7. The number of likely N-dealkylation sites (tertiary alicyclic amines) is 1. The van der Waals surface area contributed by atoms with E-state index in [1.165, 1.54) is 0 Å². The van der Waals surface area contributed by atoms with Gasteiger partial charge in [-0.25, -0.2) is 9.59 Å². The van der Waals surface area contributed by atoms with E-state index in [1.807, 2.05) is 0 Å². The Morgan fingerprint density at radius 2 is 1.90 bits per heavy atom. The minimum absolute atomic E-state index is 0.0763. The molecule has 0 radical (unpaired) electrons. The van der Waals surface area contributed by atoms with E-state index < -0.39 is 11.5 Å². The standard InChI is InChI=1S/C15H26N2O3/c1-14(2)7-4-9-17(10-8-14)13(20)16-15(3,12(18)19)11-5-6-11/h11H,4-10H2,1-3H3,(H,16,20)(H,18,19). The molecular formula is C15H26N2O3. The second-order valence-corrected chi connectivity index (χ2v) is 7.22. The lowest BCUT2D eigenvalue weighted by Gasteiger charge is -2.30. The maximum atomic E-state index is 12.4. The number of nitrogens with zero attached hydrogens (tertiary/aromatic N) is 1. The van der Waals surface area contributed by atoms with Gasteiger partial charge in [0.2, 0.25) is 0 Å². The maximum Gasteiger partial charge on any atom is 0.329 e. The second-order valence-electron chi connectivity index (χ2n) is 7.22. The number of urea groups is 1. The van der Waals surface area contributed by atoms with Crippen LogP contribution in [-0.2, 0) is 4.79 Å². The first kappa shape index (κ1) is 15.1. The molecule has 0 aromatic carbocycles. The van der Waals surface area contributed by atoms with Crippen molar-refractivity contribution in [1.82, 2.24) is 10.2 Å². The summed E-state index contributed by atoms with van der Waals surface area (Å²) < 4.78 is 0. The van der Waals surface area contributed by atoms with Gasteiger partial charge in [0.15, 0.2) is 0 Å². The largest absolute Gasteiger partial charge is 0.480 e. The molecule has 2 aliphatic rings. The van der Waals surface area contributed by atoms with Gasteiger partial charge in [-0.3, -0.25) is 0 Å². The highest BCUT2D eigenvalue weighted by atomic mass is 16.4. The Balaban J connectivity index is 1.99. The van der Waals surface area contributed by atoms with Crippen LogP contribution in [0, 0.1) is 11.3 Å². The van der Waals surface area contributed by atoms with Crippen LogP contribution >= 0.6 is 0 Å². The number of aliphatic carboxylic acids is 1. The van der Waals surface area contributed by atoms with E-state index in [0.717, 1.165) is 38.6 Å². The van der Waals surface area contributed by atoms with E-state index in [1.54, 1.807) is 11.8 Å². The molecule has 1 atom stereocenters. The second kappa shape index (κ2) is 5.26. The Morgan fingerprint density at radius 3 is 2.45 bits per heavy atom. The third-order valence-electron chi connectivity index (χ3n) is 4.83. The first-order chi connectivity index (χ1) is 9.24. The van der Waals surface area contributed by atoms with E-state index >= 15 is 0 Å². The molecule has 2 N–H and O–H groups in total. The van der Waals surface area contributed by atoms with E-state index in [9.17, 15) is 14.7 Å². The van der Waals surface area contributed by atoms with E-state index in [-0.39, 0.29) is 17.4 Å². The van der Waals surface area contributed by atoms with Crippen LogP contribution in [0.2, 0.25) is 0 Å². The molecule has 1 saturated heterocycles. The SMILES string of the molecule is CC1(C)CCCN(C(=O)NC(C)(C(=O)O)C2CC2)CC1. The molecule has 1 saturated carbocycles. The van der Waals surface area contributed by atoms with Crippen LogP contribution in [0.1, 0.15) is 52.9 Å². The quantitative estimate of drug-likeness (QED) is 0.835. The molecule has 1 heterocycles. The van der Waals surface area contributed by atoms with Gasteiger partial charge in [0.1, 0.15) is 5.54 Å². The number of nitrogens with one attached hydrogen (secondary N) is 1. The summed E-state index contributed by atoms with van der Waals surface area (Å²) in [6.07, 6.45) is 4.82. The number of rotatable bonds is 3. The van der Waals surface area contributed by atoms with Crippen LogP contribution in [0.25, 0.3) is 0 Å². The molecule has 0 spiro atoms. The fourth-order valence-corrected chi connectivity index (χ4v) is 2.92. The normalized spacial score (nSPS) is 25.4. The summed E-state index contributed by atoms with van der Waals surface area (Å²) in [4.78, 5) is 25.6. The van der Waals surface area contributed by atoms with Crippen LogP contribution in [0.15, 0.2) is 0 Å². The topological polar surface area (TPSA) is 69.6 Å². The minimum atomic E-state index is -1.11. The van der Waals surface area contributed by atoms with Gasteiger partial charge in [0, 0.05) is 13.1 Å². The molecule has 0 bridgehead atoms. The molecule has 20 heavy (non-hydrogen) atoms. The zero-order chi connectivity index (χ0) is 15.0. The van der Waals surface area contributed by atoms with Crippen LogP contribution in [0.3, 0.4) is 0 Å². The molecule has 0 aromatic heterocycles. The van der Waals surface area contributed by atoms with Crippen LogP contribution in [-0.4, -0.2) is 40.6 Å². The Morgan fingerprint density at radius 1 is 1.25 bits per heavy atom. The predicted molar refractivity (Wildman–Crippen MR) is 76.5 cm³/mol. The number of carboxylic acid groups (broad SMARTS) is 1. The van der Waals surface area contributed by atoms with Crippen molar-refractivity contribution in [3.63, 3.8) is 0 Å². The summed E-state index contributed by atoms with van der Waals surface area (Å²) >= 11 is 0. The Hall–Kier alpha value is -1.26. The van der Waals surface area contributed by atoms with Crippen molar-refractivity contribution in [1.29, 1.82) is 0 Å². The van der Waals surface area contributed by atoms with Crippen LogP contribution < -0.4 is 5.32 Å². The predicted octanol–water partition coefficient (Wildman–Crippen LogP) is 2.46. The van der Waals surface area contributed by atoms with Gasteiger partial charge in [-0.05, 0) is 50.4 Å². The molecule has 2 amide bonds. The van der Waals surface area contributed by atoms with Gasteiger partial charge >= 0.3 is 12.0 Å². The number of carbonyl (C=O) groups excluding carboxylic acids is 1. The molecule has 5 nitrogen and oxygen atoms in total. The summed E-state index contributed by atoms with van der Waals surface area (Å²) in [7, 11) is 0. The van der Waals surface area contributed by atoms with Gasteiger partial charge in [-0.1, -0.05) is 13.8 Å². The highest BCUT2D eigenvalue weighted by Gasteiger charge is 2.49. The van der Waals surface area contributed by atoms with Crippen molar-refractivity contribution in [2.75, 3.05) is 13.1 Å². The van der Waals surface area contributed by atoms with Crippen LogP contribution in [0.4, 0.5) is 4.79 Å². The minimum Gasteiger partial charge on any atom is -0.480 e. The zero-order valence-corrected chi connectivity index (χ0v) is 12.7. The Kier molecular flexibility index (Phi) is 3.98. The fourth-order valence-electron chi connectivity index (χ4n) is 2.92. The van der Waals surface area contributed by atoms with E-state index in [2.05, 4.69) is 19.2 Å². The van der Waals surface area contributed by atoms with E-state index in [4.69, 9.17) is 0 Å². The van der Waals surface area contributed by atoms with Crippen molar-refractivity contribution >= 4 is 12.0 Å². The number of hydrogen-bond acceptors (Lipinski definition) is 2. The number of amides is 2. The molecule has 2 rings (SSSR count). The van der Waals surface area contributed by atoms with Crippen molar-refractivity contribution in [3.8, 4) is 0 Å². The monoisotopic (exact) mass is 282 g/mol. The van der Waals surface area contributed by atoms with Crippen molar-refractivity contribution in [3.05, 3.63) is 0 Å². The first-order valence-corrected chi connectivity index (χ1v) is 7.55. The number of carbonyl (C=O) groups is 2. The molecule has 1 unspecified atom stereocenters. The Bertz CT molecular complexity index is 404. The lowest BCUT2D eigenvalue weighted by atomic mass is 9.85. The summed E-state index contributed by atoms with van der Waals surface area (Å²) in [5.74, 6) is -0.851. The Labute approximate surface area is 120 Å². The van der Waals surface area contributed by atoms with Gasteiger partial charge in [0.05, 0.1) is 0 Å². The molecule has 114 valence electrons. The van der Waals surface area contributed by atoms with Gasteiger partial charge in [0.25, 0.3) is 0 Å². The summed E-state index contributed by atoms with van der Waals surface area (Å²) in [6.45, 7) is 7.50.